The maximum Gasteiger partial charge on any atom is 0.295 e. The Balaban J connectivity index is 1.78. The number of benzene rings is 2. The van der Waals surface area contributed by atoms with Crippen molar-refractivity contribution in [3.05, 3.63) is 98.5 Å². The molecular weight excluding hydrogens is 492 g/mol. The Morgan fingerprint density at radius 1 is 1.12 bits per heavy atom. The minimum absolute atomic E-state index is 0.110. The monoisotopic (exact) mass is 510 g/mol. The number of likely N-dealkylation sites (tertiary alicyclic amines) is 1. The molecule has 2 heterocycles. The van der Waals surface area contributed by atoms with Gasteiger partial charge in [-0.15, -0.1) is 0 Å². The van der Waals surface area contributed by atoms with Crippen molar-refractivity contribution in [3.8, 4) is 0 Å². The first kappa shape index (κ1) is 22.4. The minimum Gasteiger partial charge on any atom is -0.507 e. The van der Waals surface area contributed by atoms with Crippen LogP contribution in [0.25, 0.3) is 5.76 Å². The van der Waals surface area contributed by atoms with Gasteiger partial charge < -0.3 is 14.6 Å². The quantitative estimate of drug-likeness (QED) is 0.168. The highest BCUT2D eigenvalue weighted by Gasteiger charge is 2.46. The Kier molecular flexibility index (Phi) is 6.36. The third-order valence-corrected chi connectivity index (χ3v) is 5.98. The van der Waals surface area contributed by atoms with Gasteiger partial charge in [0.15, 0.2) is 0 Å². The molecule has 1 atom stereocenters. The van der Waals surface area contributed by atoms with Crippen molar-refractivity contribution in [1.29, 1.82) is 0 Å². The summed E-state index contributed by atoms with van der Waals surface area (Å²) < 4.78 is 2.67. The van der Waals surface area contributed by atoms with E-state index in [9.17, 15) is 24.8 Å². The highest BCUT2D eigenvalue weighted by Crippen LogP contribution is 2.41. The lowest BCUT2D eigenvalue weighted by Crippen LogP contribution is -2.31. The second-order valence-corrected chi connectivity index (χ2v) is 8.39. The number of aliphatic hydroxyl groups excluding tert-OH is 1. The number of nitrogens with zero attached hydrogens (tertiary/aromatic N) is 4. The standard InChI is InChI=1S/C23H19BrN4O5/c24-16-8-6-15(7-9-16)20-19(21(29)17-4-1-2-5-18(17)28(32)33)22(30)23(31)27(20)12-3-11-26-13-10-25-14-26/h1-2,4-10,13-14,20,29H,3,11-12H2/b21-19-. The van der Waals surface area contributed by atoms with Gasteiger partial charge in [-0.3, -0.25) is 19.7 Å². The topological polar surface area (TPSA) is 119 Å². The average Bonchev–Trinajstić information content (AvgIpc) is 3.41. The van der Waals surface area contributed by atoms with Crippen molar-refractivity contribution in [2.75, 3.05) is 6.54 Å². The number of carbonyl (C=O) groups is 2. The van der Waals surface area contributed by atoms with Gasteiger partial charge in [-0.1, -0.05) is 40.2 Å². The molecule has 1 fully saturated rings. The second kappa shape index (κ2) is 9.37. The average molecular weight is 511 g/mol. The summed E-state index contributed by atoms with van der Waals surface area (Å²) in [6, 6.07) is 11.8. The third-order valence-electron chi connectivity index (χ3n) is 5.46. The molecule has 3 aromatic rings. The molecule has 0 radical (unpaired) electrons. The molecule has 0 spiro atoms. The van der Waals surface area contributed by atoms with E-state index in [-0.39, 0.29) is 23.4 Å². The van der Waals surface area contributed by atoms with E-state index >= 15 is 0 Å². The number of imidazole rings is 1. The van der Waals surface area contributed by atoms with Crippen LogP contribution in [0, 0.1) is 10.1 Å². The summed E-state index contributed by atoms with van der Waals surface area (Å²) in [4.78, 5) is 42.3. The number of hydrogen-bond acceptors (Lipinski definition) is 6. The van der Waals surface area contributed by atoms with Crippen LogP contribution < -0.4 is 0 Å². The molecule has 168 valence electrons. The summed E-state index contributed by atoms with van der Waals surface area (Å²) in [5.41, 5.74) is -0.0173. The SMILES string of the molecule is O=C1C(=O)N(CCCn2ccnc2)C(c2ccc(Br)cc2)/C1=C(/O)c1ccccc1[N+](=O)[O-]. The van der Waals surface area contributed by atoms with Crippen LogP contribution in [0.4, 0.5) is 5.69 Å². The van der Waals surface area contributed by atoms with E-state index in [2.05, 4.69) is 20.9 Å². The lowest BCUT2D eigenvalue weighted by atomic mass is 9.95. The van der Waals surface area contributed by atoms with Crippen molar-refractivity contribution in [2.45, 2.75) is 19.0 Å². The summed E-state index contributed by atoms with van der Waals surface area (Å²) in [7, 11) is 0. The number of Topliss-reactive ketones (excluding diaryl/α,β-unsaturated/α-hetero) is 1. The number of aryl methyl sites for hydroxylation is 1. The number of aliphatic hydroxyl groups is 1. The molecule has 2 aromatic carbocycles. The Morgan fingerprint density at radius 3 is 2.52 bits per heavy atom. The summed E-state index contributed by atoms with van der Waals surface area (Å²) in [6.45, 7) is 0.831. The summed E-state index contributed by atoms with van der Waals surface area (Å²) in [5.74, 6) is -2.19. The number of para-hydroxylation sites is 1. The van der Waals surface area contributed by atoms with Gasteiger partial charge in [0.25, 0.3) is 17.4 Å². The van der Waals surface area contributed by atoms with E-state index < -0.39 is 28.4 Å². The number of rotatable bonds is 7. The number of amides is 1. The van der Waals surface area contributed by atoms with Crippen LogP contribution in [0.2, 0.25) is 0 Å². The van der Waals surface area contributed by atoms with Crippen LogP contribution in [0.15, 0.2) is 77.3 Å². The molecule has 1 N–H and O–H groups in total. The zero-order valence-corrected chi connectivity index (χ0v) is 18.9. The number of aromatic nitrogens is 2. The second-order valence-electron chi connectivity index (χ2n) is 7.47. The van der Waals surface area contributed by atoms with Gasteiger partial charge in [0.2, 0.25) is 0 Å². The van der Waals surface area contributed by atoms with E-state index in [1.807, 2.05) is 4.57 Å². The molecule has 33 heavy (non-hydrogen) atoms. The molecule has 1 aliphatic rings. The normalized spacial score (nSPS) is 17.5. The molecule has 1 aliphatic heterocycles. The highest BCUT2D eigenvalue weighted by molar-refractivity contribution is 9.10. The van der Waals surface area contributed by atoms with Crippen LogP contribution in [-0.2, 0) is 16.1 Å². The molecule has 0 aliphatic carbocycles. The molecule has 1 saturated heterocycles. The fourth-order valence-electron chi connectivity index (χ4n) is 3.92. The predicted octanol–water partition coefficient (Wildman–Crippen LogP) is 4.07. The Hall–Kier alpha value is -3.79. The number of halogens is 1. The fourth-order valence-corrected chi connectivity index (χ4v) is 4.19. The number of nitro groups is 1. The first-order valence-electron chi connectivity index (χ1n) is 10.1. The first-order valence-corrected chi connectivity index (χ1v) is 10.9. The van der Waals surface area contributed by atoms with Crippen molar-refractivity contribution in [1.82, 2.24) is 14.5 Å². The van der Waals surface area contributed by atoms with Crippen LogP contribution in [0.5, 0.6) is 0 Å². The molecule has 1 amide bonds. The molecule has 0 saturated carbocycles. The summed E-state index contributed by atoms with van der Waals surface area (Å²) in [6.07, 6.45) is 5.66. The molecule has 10 heteroatoms. The highest BCUT2D eigenvalue weighted by atomic mass is 79.9. The van der Waals surface area contributed by atoms with Gasteiger partial charge in [0, 0.05) is 36.0 Å². The lowest BCUT2D eigenvalue weighted by molar-refractivity contribution is -0.385. The van der Waals surface area contributed by atoms with Crippen molar-refractivity contribution in [2.24, 2.45) is 0 Å². The van der Waals surface area contributed by atoms with Gasteiger partial charge in [-0.2, -0.15) is 0 Å². The number of carbonyl (C=O) groups excluding carboxylic acids is 2. The van der Waals surface area contributed by atoms with Crippen LogP contribution >= 0.6 is 15.9 Å². The van der Waals surface area contributed by atoms with E-state index in [1.165, 1.54) is 29.2 Å². The minimum atomic E-state index is -0.874. The maximum atomic E-state index is 13.1. The molecule has 0 bridgehead atoms. The van der Waals surface area contributed by atoms with Crippen molar-refractivity contribution >= 4 is 39.1 Å². The first-order chi connectivity index (χ1) is 15.9. The predicted molar refractivity (Wildman–Crippen MR) is 123 cm³/mol. The number of hydrogen-bond donors (Lipinski definition) is 1. The van der Waals surface area contributed by atoms with Gasteiger partial charge >= 0.3 is 0 Å². The third kappa shape index (κ3) is 4.42. The van der Waals surface area contributed by atoms with E-state index in [1.54, 1.807) is 43.0 Å². The smallest absolute Gasteiger partial charge is 0.295 e. The Morgan fingerprint density at radius 2 is 1.85 bits per heavy atom. The van der Waals surface area contributed by atoms with Gasteiger partial charge in [0.05, 0.1) is 28.4 Å². The molecule has 1 unspecified atom stereocenters. The molecule has 4 rings (SSSR count). The van der Waals surface area contributed by atoms with Crippen molar-refractivity contribution < 1.29 is 19.6 Å². The van der Waals surface area contributed by atoms with Gasteiger partial charge in [-0.25, -0.2) is 4.98 Å². The zero-order valence-electron chi connectivity index (χ0n) is 17.3. The maximum absolute atomic E-state index is 13.1. The van der Waals surface area contributed by atoms with Crippen molar-refractivity contribution in [3.63, 3.8) is 0 Å². The number of nitro benzene ring substituents is 1. The van der Waals surface area contributed by atoms with Crippen LogP contribution in [0.1, 0.15) is 23.6 Å². The van der Waals surface area contributed by atoms with Gasteiger partial charge in [-0.05, 0) is 30.2 Å². The fraction of sp³-hybridized carbons (Fsp3) is 0.174. The van der Waals surface area contributed by atoms with E-state index in [0.717, 1.165) is 4.47 Å². The van der Waals surface area contributed by atoms with Crippen LogP contribution in [-0.4, -0.2) is 42.7 Å². The largest absolute Gasteiger partial charge is 0.507 e. The van der Waals surface area contributed by atoms with E-state index in [0.29, 0.717) is 18.5 Å². The molecule has 9 nitrogen and oxygen atoms in total. The molecule has 1 aromatic heterocycles. The summed E-state index contributed by atoms with van der Waals surface area (Å²) in [5, 5.41) is 22.6. The lowest BCUT2D eigenvalue weighted by Gasteiger charge is -2.25. The van der Waals surface area contributed by atoms with Gasteiger partial charge in [0.1, 0.15) is 5.76 Å². The van der Waals surface area contributed by atoms with Crippen LogP contribution in [0.3, 0.4) is 0 Å². The zero-order chi connectivity index (χ0) is 23.5. The number of ketones is 1. The Bertz CT molecular complexity index is 1240. The van der Waals surface area contributed by atoms with E-state index in [4.69, 9.17) is 0 Å². The summed E-state index contributed by atoms with van der Waals surface area (Å²) >= 11 is 3.37. The molecular formula is C23H19BrN4O5. The Labute approximate surface area is 197 Å².